The molecular weight excluding hydrogens is 376 g/mol. The lowest BCUT2D eigenvalue weighted by molar-refractivity contribution is 0.0676. The molecule has 1 amide bonds. The van der Waals surface area contributed by atoms with E-state index in [2.05, 4.69) is 39.8 Å². The standard InChI is InChI=1S/C24H24N4O2/c1-2-19-22(25-17-30-19)23(29)27-14-11-24(12-15-27,18-8-4-3-5-9-18)20-16-28-13-7-6-10-21(28)26-20/h3-10,13,16-17H,2,11-12,14-15H2,1H3. The van der Waals surface area contributed by atoms with Crippen molar-refractivity contribution < 1.29 is 9.21 Å². The number of piperidine rings is 1. The van der Waals surface area contributed by atoms with Gasteiger partial charge in [-0.25, -0.2) is 9.97 Å². The zero-order valence-corrected chi connectivity index (χ0v) is 17.0. The number of likely N-dealkylation sites (tertiary alicyclic amines) is 1. The van der Waals surface area contributed by atoms with Crippen molar-refractivity contribution in [3.8, 4) is 0 Å². The van der Waals surface area contributed by atoms with Gasteiger partial charge in [-0.2, -0.15) is 0 Å². The third kappa shape index (κ3) is 3.00. The van der Waals surface area contributed by atoms with Crippen LogP contribution in [-0.2, 0) is 11.8 Å². The number of nitrogens with zero attached hydrogens (tertiary/aromatic N) is 4. The maximum atomic E-state index is 13.0. The summed E-state index contributed by atoms with van der Waals surface area (Å²) in [6, 6.07) is 16.6. The first-order valence-electron chi connectivity index (χ1n) is 10.4. The Hall–Kier alpha value is -3.41. The lowest BCUT2D eigenvalue weighted by Crippen LogP contribution is -2.46. The molecule has 1 fully saturated rings. The highest BCUT2D eigenvalue weighted by molar-refractivity contribution is 5.93. The Kier molecular flexibility index (Phi) is 4.62. The number of oxazole rings is 1. The number of carbonyl (C=O) groups is 1. The Bertz CT molecular complexity index is 1140. The summed E-state index contributed by atoms with van der Waals surface area (Å²) in [6.45, 7) is 3.27. The zero-order valence-electron chi connectivity index (χ0n) is 17.0. The van der Waals surface area contributed by atoms with Crippen LogP contribution in [0.3, 0.4) is 0 Å². The van der Waals surface area contributed by atoms with Crippen molar-refractivity contribution in [2.75, 3.05) is 13.1 Å². The maximum Gasteiger partial charge on any atom is 0.276 e. The minimum Gasteiger partial charge on any atom is -0.448 e. The Morgan fingerprint density at radius 2 is 1.87 bits per heavy atom. The van der Waals surface area contributed by atoms with Crippen molar-refractivity contribution >= 4 is 11.6 Å². The molecule has 1 aromatic carbocycles. The summed E-state index contributed by atoms with van der Waals surface area (Å²) in [5, 5.41) is 0. The Labute approximate surface area is 175 Å². The van der Waals surface area contributed by atoms with Gasteiger partial charge in [-0.1, -0.05) is 43.3 Å². The van der Waals surface area contributed by atoms with Crippen LogP contribution in [0.25, 0.3) is 5.65 Å². The van der Waals surface area contributed by atoms with Gasteiger partial charge in [0.05, 0.1) is 5.69 Å². The van der Waals surface area contributed by atoms with Crippen molar-refractivity contribution in [2.45, 2.75) is 31.6 Å². The average Bonchev–Trinajstić information content (AvgIpc) is 3.46. The van der Waals surface area contributed by atoms with E-state index in [4.69, 9.17) is 9.40 Å². The van der Waals surface area contributed by atoms with Crippen molar-refractivity contribution in [3.63, 3.8) is 0 Å². The summed E-state index contributed by atoms with van der Waals surface area (Å²) in [7, 11) is 0. The largest absolute Gasteiger partial charge is 0.448 e. The van der Waals surface area contributed by atoms with Crippen molar-refractivity contribution in [1.82, 2.24) is 19.3 Å². The van der Waals surface area contributed by atoms with Crippen LogP contribution < -0.4 is 0 Å². The molecule has 1 aliphatic rings. The summed E-state index contributed by atoms with van der Waals surface area (Å²) in [4.78, 5) is 24.1. The van der Waals surface area contributed by atoms with Crippen LogP contribution in [0.1, 0.15) is 47.3 Å². The van der Waals surface area contributed by atoms with E-state index in [1.807, 2.05) is 42.3 Å². The Balaban J connectivity index is 1.49. The van der Waals surface area contributed by atoms with Crippen molar-refractivity contribution in [2.24, 2.45) is 0 Å². The lowest BCUT2D eigenvalue weighted by atomic mass is 9.70. The molecule has 6 heteroatoms. The number of hydrogen-bond acceptors (Lipinski definition) is 4. The number of amides is 1. The van der Waals surface area contributed by atoms with E-state index in [-0.39, 0.29) is 11.3 Å². The summed E-state index contributed by atoms with van der Waals surface area (Å²) >= 11 is 0. The molecule has 1 aliphatic heterocycles. The first-order chi connectivity index (χ1) is 14.7. The topological polar surface area (TPSA) is 63.6 Å². The summed E-state index contributed by atoms with van der Waals surface area (Å²) in [6.07, 6.45) is 7.80. The molecule has 0 saturated carbocycles. The average molecular weight is 400 g/mol. The second kappa shape index (κ2) is 7.44. The predicted molar refractivity (Wildman–Crippen MR) is 113 cm³/mol. The SMILES string of the molecule is CCc1ocnc1C(=O)N1CCC(c2ccccc2)(c2cn3ccccc3n2)CC1. The van der Waals surface area contributed by atoms with E-state index < -0.39 is 0 Å². The Morgan fingerprint density at radius 1 is 1.10 bits per heavy atom. The lowest BCUT2D eigenvalue weighted by Gasteiger charge is -2.41. The molecule has 0 spiro atoms. The van der Waals surface area contributed by atoms with Crippen molar-refractivity contribution in [3.05, 3.63) is 90.0 Å². The molecule has 1 saturated heterocycles. The van der Waals surface area contributed by atoms with Crippen LogP contribution in [0.4, 0.5) is 0 Å². The highest BCUT2D eigenvalue weighted by Gasteiger charge is 2.41. The van der Waals surface area contributed by atoms with E-state index in [9.17, 15) is 4.79 Å². The number of aryl methyl sites for hydroxylation is 1. The second-order valence-corrected chi connectivity index (χ2v) is 7.81. The first kappa shape index (κ1) is 18.6. The summed E-state index contributed by atoms with van der Waals surface area (Å²) in [5.74, 6) is 0.609. The fourth-order valence-electron chi connectivity index (χ4n) is 4.55. The van der Waals surface area contributed by atoms with Gasteiger partial charge in [0.1, 0.15) is 11.4 Å². The molecule has 152 valence electrons. The van der Waals surface area contributed by atoms with E-state index in [0.29, 0.717) is 31.0 Å². The van der Waals surface area contributed by atoms with Gasteiger partial charge in [0.15, 0.2) is 12.1 Å². The first-order valence-corrected chi connectivity index (χ1v) is 10.4. The number of pyridine rings is 1. The van der Waals surface area contributed by atoms with Gasteiger partial charge in [-0.15, -0.1) is 0 Å². The Morgan fingerprint density at radius 3 is 2.60 bits per heavy atom. The van der Waals surface area contributed by atoms with Gasteiger partial charge in [0.25, 0.3) is 5.91 Å². The molecular formula is C24H24N4O2. The van der Waals surface area contributed by atoms with Crippen LogP contribution in [0.5, 0.6) is 0 Å². The zero-order chi connectivity index (χ0) is 20.6. The van der Waals surface area contributed by atoms with Gasteiger partial charge < -0.3 is 13.7 Å². The number of hydrogen-bond donors (Lipinski definition) is 0. The maximum absolute atomic E-state index is 13.0. The third-order valence-corrected chi connectivity index (χ3v) is 6.25. The molecule has 30 heavy (non-hydrogen) atoms. The molecule has 0 unspecified atom stereocenters. The van der Waals surface area contributed by atoms with Gasteiger partial charge in [0, 0.05) is 37.3 Å². The van der Waals surface area contributed by atoms with Gasteiger partial charge >= 0.3 is 0 Å². The monoisotopic (exact) mass is 400 g/mol. The smallest absolute Gasteiger partial charge is 0.276 e. The number of benzene rings is 1. The highest BCUT2D eigenvalue weighted by atomic mass is 16.3. The molecule has 0 radical (unpaired) electrons. The number of rotatable bonds is 4. The van der Waals surface area contributed by atoms with E-state index in [0.717, 1.165) is 24.2 Å². The molecule has 6 nitrogen and oxygen atoms in total. The quantitative estimate of drug-likeness (QED) is 0.517. The minimum atomic E-state index is -0.221. The normalized spacial score (nSPS) is 16.1. The third-order valence-electron chi connectivity index (χ3n) is 6.25. The number of imidazole rings is 1. The fraction of sp³-hybridized carbons (Fsp3) is 0.292. The van der Waals surface area contributed by atoms with Crippen LogP contribution in [0.15, 0.2) is 71.7 Å². The van der Waals surface area contributed by atoms with Gasteiger partial charge in [0.2, 0.25) is 0 Å². The van der Waals surface area contributed by atoms with Gasteiger partial charge in [-0.05, 0) is 30.5 Å². The molecule has 5 rings (SSSR count). The van der Waals surface area contributed by atoms with E-state index >= 15 is 0 Å². The molecule has 0 bridgehead atoms. The molecule has 0 aliphatic carbocycles. The second-order valence-electron chi connectivity index (χ2n) is 7.81. The van der Waals surface area contributed by atoms with Crippen LogP contribution in [-0.4, -0.2) is 38.3 Å². The molecule has 0 N–H and O–H groups in total. The van der Waals surface area contributed by atoms with E-state index in [1.54, 1.807) is 0 Å². The molecule has 0 atom stereocenters. The highest BCUT2D eigenvalue weighted by Crippen LogP contribution is 2.41. The predicted octanol–water partition coefficient (Wildman–Crippen LogP) is 4.11. The van der Waals surface area contributed by atoms with Gasteiger partial charge in [-0.3, -0.25) is 4.79 Å². The summed E-state index contributed by atoms with van der Waals surface area (Å²) < 4.78 is 7.44. The fourth-order valence-corrected chi connectivity index (χ4v) is 4.55. The number of fused-ring (bicyclic) bond motifs is 1. The molecule has 4 aromatic rings. The van der Waals surface area contributed by atoms with Crippen LogP contribution >= 0.6 is 0 Å². The number of aromatic nitrogens is 3. The summed E-state index contributed by atoms with van der Waals surface area (Å²) in [5.41, 5.74) is 3.47. The van der Waals surface area contributed by atoms with Crippen molar-refractivity contribution in [1.29, 1.82) is 0 Å². The molecule has 3 aromatic heterocycles. The van der Waals surface area contributed by atoms with E-state index in [1.165, 1.54) is 12.0 Å². The minimum absolute atomic E-state index is 0.0442. The van der Waals surface area contributed by atoms with Crippen LogP contribution in [0, 0.1) is 0 Å². The molecule has 4 heterocycles. The number of carbonyl (C=O) groups excluding carboxylic acids is 1. The van der Waals surface area contributed by atoms with Crippen LogP contribution in [0.2, 0.25) is 0 Å².